The van der Waals surface area contributed by atoms with E-state index < -0.39 is 0 Å². The first-order valence-electron chi connectivity index (χ1n) is 8.66. The molecule has 2 unspecified atom stereocenters. The van der Waals surface area contributed by atoms with E-state index in [0.29, 0.717) is 13.2 Å². The summed E-state index contributed by atoms with van der Waals surface area (Å²) in [5.41, 5.74) is 2.26. The van der Waals surface area contributed by atoms with Crippen LogP contribution < -0.4 is 0 Å². The Kier molecular flexibility index (Phi) is 4.18. The van der Waals surface area contributed by atoms with Crippen LogP contribution >= 0.6 is 0 Å². The fourth-order valence-corrected chi connectivity index (χ4v) is 2.71. The Morgan fingerprint density at radius 3 is 1.29 bits per heavy atom. The number of hydrogen-bond acceptors (Lipinski definition) is 4. The lowest BCUT2D eigenvalue weighted by Crippen LogP contribution is -2.25. The molecule has 24 heavy (non-hydrogen) atoms. The predicted octanol–water partition coefficient (Wildman–Crippen LogP) is 4.07. The summed E-state index contributed by atoms with van der Waals surface area (Å²) in [5.74, 6) is 1.48. The van der Waals surface area contributed by atoms with Gasteiger partial charge < -0.3 is 9.47 Å². The molecule has 2 heterocycles. The molecular formula is C20H28N2O2. The van der Waals surface area contributed by atoms with Crippen LogP contribution in [-0.4, -0.2) is 37.1 Å². The van der Waals surface area contributed by atoms with E-state index in [9.17, 15) is 0 Å². The molecule has 0 N–H and O–H groups in total. The van der Waals surface area contributed by atoms with Gasteiger partial charge in [-0.25, -0.2) is 9.98 Å². The Balaban J connectivity index is 1.76. The molecule has 0 spiro atoms. The van der Waals surface area contributed by atoms with E-state index in [1.54, 1.807) is 0 Å². The highest BCUT2D eigenvalue weighted by molar-refractivity contribution is 5.98. The first-order chi connectivity index (χ1) is 11.1. The molecule has 0 radical (unpaired) electrons. The van der Waals surface area contributed by atoms with Gasteiger partial charge in [0.05, 0.1) is 12.1 Å². The van der Waals surface area contributed by atoms with Crippen LogP contribution in [-0.2, 0) is 9.47 Å². The quantitative estimate of drug-likeness (QED) is 0.821. The molecule has 4 heteroatoms. The third-order valence-electron chi connectivity index (χ3n) is 4.68. The smallest absolute Gasteiger partial charge is 0.216 e. The van der Waals surface area contributed by atoms with Gasteiger partial charge in [-0.2, -0.15) is 0 Å². The predicted molar refractivity (Wildman–Crippen MR) is 97.9 cm³/mol. The van der Waals surface area contributed by atoms with E-state index in [0.717, 1.165) is 22.9 Å². The van der Waals surface area contributed by atoms with Crippen LogP contribution in [0, 0.1) is 10.8 Å². The molecule has 1 aromatic rings. The Labute approximate surface area is 145 Å². The number of benzene rings is 1. The highest BCUT2D eigenvalue weighted by Gasteiger charge is 2.32. The van der Waals surface area contributed by atoms with Crippen LogP contribution in [0.2, 0.25) is 0 Å². The second-order valence-corrected chi connectivity index (χ2v) is 8.83. The molecule has 0 fully saturated rings. The lowest BCUT2D eigenvalue weighted by molar-refractivity contribution is 0.235. The van der Waals surface area contributed by atoms with Gasteiger partial charge in [0, 0.05) is 11.1 Å². The molecule has 0 bridgehead atoms. The summed E-state index contributed by atoms with van der Waals surface area (Å²) in [7, 11) is 0. The fraction of sp³-hybridized carbons (Fsp3) is 0.600. The molecular weight excluding hydrogens is 300 g/mol. The van der Waals surface area contributed by atoms with Crippen LogP contribution in [0.4, 0.5) is 0 Å². The molecule has 0 aromatic heterocycles. The Bertz CT molecular complexity index is 601. The number of hydrogen-bond donors (Lipinski definition) is 0. The first kappa shape index (κ1) is 17.0. The van der Waals surface area contributed by atoms with E-state index in [-0.39, 0.29) is 22.9 Å². The van der Waals surface area contributed by atoms with Crippen LogP contribution in [0.5, 0.6) is 0 Å². The molecule has 2 aliphatic heterocycles. The van der Waals surface area contributed by atoms with Crippen molar-refractivity contribution < 1.29 is 9.47 Å². The summed E-state index contributed by atoms with van der Waals surface area (Å²) >= 11 is 0. The van der Waals surface area contributed by atoms with Crippen molar-refractivity contribution in [2.45, 2.75) is 53.6 Å². The van der Waals surface area contributed by atoms with E-state index in [4.69, 9.17) is 19.5 Å². The topological polar surface area (TPSA) is 43.2 Å². The van der Waals surface area contributed by atoms with Crippen molar-refractivity contribution in [3.63, 3.8) is 0 Å². The summed E-state index contributed by atoms with van der Waals surface area (Å²) < 4.78 is 11.6. The van der Waals surface area contributed by atoms with Crippen molar-refractivity contribution in [1.82, 2.24) is 0 Å². The van der Waals surface area contributed by atoms with Gasteiger partial charge in [-0.3, -0.25) is 0 Å². The van der Waals surface area contributed by atoms with Crippen LogP contribution in [0.1, 0.15) is 52.7 Å². The van der Waals surface area contributed by atoms with E-state index >= 15 is 0 Å². The third kappa shape index (κ3) is 3.47. The molecule has 3 rings (SSSR count). The number of aliphatic imine (C=N–C) groups is 2. The summed E-state index contributed by atoms with van der Waals surface area (Å²) in [5, 5.41) is 0. The molecule has 0 saturated carbocycles. The summed E-state index contributed by atoms with van der Waals surface area (Å²) in [6, 6.07) is 8.57. The van der Waals surface area contributed by atoms with Gasteiger partial charge in [-0.05, 0) is 35.1 Å². The Morgan fingerprint density at radius 2 is 1.04 bits per heavy atom. The second kappa shape index (κ2) is 5.91. The van der Waals surface area contributed by atoms with Crippen molar-refractivity contribution in [3.05, 3.63) is 35.4 Å². The zero-order valence-electron chi connectivity index (χ0n) is 15.6. The molecule has 0 amide bonds. The van der Waals surface area contributed by atoms with Gasteiger partial charge in [0.2, 0.25) is 11.8 Å². The maximum absolute atomic E-state index is 5.79. The maximum atomic E-state index is 5.79. The van der Waals surface area contributed by atoms with Gasteiger partial charge in [-0.1, -0.05) is 41.5 Å². The van der Waals surface area contributed by atoms with Crippen molar-refractivity contribution in [3.8, 4) is 0 Å². The van der Waals surface area contributed by atoms with E-state index in [2.05, 4.69) is 41.5 Å². The molecule has 2 atom stereocenters. The molecule has 2 aliphatic rings. The lowest BCUT2D eigenvalue weighted by atomic mass is 9.88. The summed E-state index contributed by atoms with van der Waals surface area (Å²) in [6.07, 6.45) is 0. The van der Waals surface area contributed by atoms with Crippen molar-refractivity contribution in [2.75, 3.05) is 13.2 Å². The van der Waals surface area contributed by atoms with Gasteiger partial charge in [0.15, 0.2) is 0 Å². The minimum Gasteiger partial charge on any atom is -0.475 e. The summed E-state index contributed by atoms with van der Waals surface area (Å²) in [6.45, 7) is 14.5. The average molecular weight is 328 g/mol. The van der Waals surface area contributed by atoms with Gasteiger partial charge in [0.25, 0.3) is 0 Å². The van der Waals surface area contributed by atoms with E-state index in [1.165, 1.54) is 0 Å². The molecule has 4 nitrogen and oxygen atoms in total. The Morgan fingerprint density at radius 1 is 0.708 bits per heavy atom. The molecule has 1 aromatic carbocycles. The maximum Gasteiger partial charge on any atom is 0.216 e. The monoisotopic (exact) mass is 328 g/mol. The zero-order chi connectivity index (χ0) is 17.5. The molecule has 0 aliphatic carbocycles. The summed E-state index contributed by atoms with van der Waals surface area (Å²) in [4.78, 5) is 9.47. The number of rotatable bonds is 2. The third-order valence-corrected chi connectivity index (χ3v) is 4.68. The number of ether oxygens (including phenoxy) is 2. The normalized spacial score (nSPS) is 24.2. The highest BCUT2D eigenvalue weighted by Crippen LogP contribution is 2.29. The van der Waals surface area contributed by atoms with Crippen molar-refractivity contribution >= 4 is 11.8 Å². The minimum absolute atomic E-state index is 0.121. The zero-order valence-corrected chi connectivity index (χ0v) is 15.6. The minimum atomic E-state index is 0.121. The average Bonchev–Trinajstić information content (AvgIpc) is 3.16. The standard InChI is InChI=1S/C20H28N2O2/c1-19(2,3)15-11-23-17(21-15)13-7-9-14(10-8-13)18-22-16(12-24-18)20(4,5)6/h7-10,15-16H,11-12H2,1-6H3. The van der Waals surface area contributed by atoms with Crippen LogP contribution in [0.25, 0.3) is 0 Å². The molecule has 130 valence electrons. The number of nitrogens with zero attached hydrogens (tertiary/aromatic N) is 2. The highest BCUT2D eigenvalue weighted by atomic mass is 16.5. The lowest BCUT2D eigenvalue weighted by Gasteiger charge is -2.21. The SMILES string of the molecule is CC(C)(C)C1COC(c2ccc(C3=NC(C(C)(C)C)CO3)cc2)=N1. The van der Waals surface area contributed by atoms with Gasteiger partial charge >= 0.3 is 0 Å². The molecule has 0 saturated heterocycles. The fourth-order valence-electron chi connectivity index (χ4n) is 2.71. The van der Waals surface area contributed by atoms with Crippen molar-refractivity contribution in [1.29, 1.82) is 0 Å². The van der Waals surface area contributed by atoms with Crippen LogP contribution in [0.3, 0.4) is 0 Å². The van der Waals surface area contributed by atoms with Crippen LogP contribution in [0.15, 0.2) is 34.3 Å². The van der Waals surface area contributed by atoms with Crippen molar-refractivity contribution in [2.24, 2.45) is 20.8 Å². The van der Waals surface area contributed by atoms with E-state index in [1.807, 2.05) is 24.3 Å². The largest absolute Gasteiger partial charge is 0.475 e. The second-order valence-electron chi connectivity index (χ2n) is 8.83. The Hall–Kier alpha value is -1.84. The first-order valence-corrected chi connectivity index (χ1v) is 8.66. The van der Waals surface area contributed by atoms with Gasteiger partial charge in [0.1, 0.15) is 13.2 Å². The van der Waals surface area contributed by atoms with Gasteiger partial charge in [-0.15, -0.1) is 0 Å².